The molecule has 1 N–H and O–H groups in total. The van der Waals surface area contributed by atoms with Crippen LogP contribution in [0.5, 0.6) is 0 Å². The Kier molecular flexibility index (Phi) is 4.44. The molecule has 1 unspecified atom stereocenters. The van der Waals surface area contributed by atoms with E-state index in [9.17, 15) is 0 Å². The van der Waals surface area contributed by atoms with Gasteiger partial charge in [0.05, 0.1) is 11.7 Å². The van der Waals surface area contributed by atoms with Gasteiger partial charge >= 0.3 is 0 Å². The van der Waals surface area contributed by atoms with Gasteiger partial charge < -0.3 is 5.32 Å². The molecule has 0 radical (unpaired) electrons. The Balaban J connectivity index is 1.75. The topological polar surface area (TPSA) is 50.7 Å². The fourth-order valence-corrected chi connectivity index (χ4v) is 3.84. The third-order valence-electron chi connectivity index (χ3n) is 3.28. The van der Waals surface area contributed by atoms with Gasteiger partial charge in [0.25, 0.3) is 0 Å². The van der Waals surface area contributed by atoms with Gasteiger partial charge in [0.15, 0.2) is 0 Å². The molecule has 0 fully saturated rings. The average Bonchev–Trinajstić information content (AvgIpc) is 2.95. The second kappa shape index (κ2) is 6.47. The van der Waals surface area contributed by atoms with Crippen molar-refractivity contribution in [2.45, 2.75) is 30.2 Å². The van der Waals surface area contributed by atoms with Crippen LogP contribution in [0.2, 0.25) is 0 Å². The van der Waals surface area contributed by atoms with Crippen LogP contribution in [-0.2, 0) is 5.75 Å². The third kappa shape index (κ3) is 3.08. The standard InChI is InChI=1S/C14H16N4S2/c1-10-12(3-2-6-16-10)13-14(18-20-17-13)19-9-11-4-7-15-8-5-11/h3-5,7-8,10,16H,2,6,9H2,1H3. The van der Waals surface area contributed by atoms with Crippen LogP contribution in [0.4, 0.5) is 0 Å². The molecular formula is C14H16N4S2. The molecule has 3 rings (SSSR count). The van der Waals surface area contributed by atoms with Crippen molar-refractivity contribution >= 4 is 29.1 Å². The van der Waals surface area contributed by atoms with Gasteiger partial charge in [0.2, 0.25) is 0 Å². The van der Waals surface area contributed by atoms with Gasteiger partial charge in [-0.1, -0.05) is 17.8 Å². The molecule has 1 aliphatic rings. The van der Waals surface area contributed by atoms with Crippen molar-refractivity contribution in [1.82, 2.24) is 19.0 Å². The van der Waals surface area contributed by atoms with Crippen LogP contribution >= 0.6 is 23.5 Å². The van der Waals surface area contributed by atoms with E-state index in [-0.39, 0.29) is 0 Å². The van der Waals surface area contributed by atoms with Crippen molar-refractivity contribution < 1.29 is 0 Å². The first-order valence-electron chi connectivity index (χ1n) is 6.62. The summed E-state index contributed by atoms with van der Waals surface area (Å²) in [5.74, 6) is 0.899. The maximum Gasteiger partial charge on any atom is 0.138 e. The van der Waals surface area contributed by atoms with E-state index in [0.717, 1.165) is 29.4 Å². The molecule has 0 bridgehead atoms. The van der Waals surface area contributed by atoms with Crippen LogP contribution in [0.25, 0.3) is 5.57 Å². The molecule has 104 valence electrons. The lowest BCUT2D eigenvalue weighted by Gasteiger charge is -2.21. The predicted octanol–water partition coefficient (Wildman–Crippen LogP) is 2.99. The van der Waals surface area contributed by atoms with E-state index < -0.39 is 0 Å². The molecule has 3 heterocycles. The van der Waals surface area contributed by atoms with Gasteiger partial charge in [-0.2, -0.15) is 8.75 Å². The number of nitrogens with zero attached hydrogens (tertiary/aromatic N) is 3. The van der Waals surface area contributed by atoms with Gasteiger partial charge in [0.1, 0.15) is 10.7 Å². The van der Waals surface area contributed by atoms with Crippen molar-refractivity contribution in [3.63, 3.8) is 0 Å². The maximum atomic E-state index is 4.49. The fourth-order valence-electron chi connectivity index (χ4n) is 2.20. The number of pyridine rings is 1. The third-order valence-corrected chi connectivity index (χ3v) is 4.96. The van der Waals surface area contributed by atoms with Crippen molar-refractivity contribution in [3.8, 4) is 0 Å². The summed E-state index contributed by atoms with van der Waals surface area (Å²) in [5.41, 5.74) is 3.59. The summed E-state index contributed by atoms with van der Waals surface area (Å²) in [6, 6.07) is 4.43. The Labute approximate surface area is 127 Å². The zero-order valence-corrected chi connectivity index (χ0v) is 12.9. The summed E-state index contributed by atoms with van der Waals surface area (Å²) in [6.45, 7) is 3.23. The van der Waals surface area contributed by atoms with E-state index in [2.05, 4.69) is 32.0 Å². The lowest BCUT2D eigenvalue weighted by Crippen LogP contribution is -2.31. The zero-order chi connectivity index (χ0) is 13.8. The number of nitrogens with one attached hydrogen (secondary N) is 1. The van der Waals surface area contributed by atoms with Gasteiger partial charge in [-0.15, -0.1) is 0 Å². The Morgan fingerprint density at radius 1 is 1.35 bits per heavy atom. The van der Waals surface area contributed by atoms with Crippen molar-refractivity contribution in [2.24, 2.45) is 0 Å². The Morgan fingerprint density at radius 3 is 3.00 bits per heavy atom. The molecular weight excluding hydrogens is 288 g/mol. The van der Waals surface area contributed by atoms with Gasteiger partial charge in [-0.3, -0.25) is 4.98 Å². The Hall–Kier alpha value is -1.24. The molecule has 0 spiro atoms. The minimum atomic E-state index is 0.355. The van der Waals surface area contributed by atoms with E-state index in [1.54, 1.807) is 11.8 Å². The molecule has 6 heteroatoms. The lowest BCUT2D eigenvalue weighted by atomic mass is 10.0. The van der Waals surface area contributed by atoms with E-state index in [1.165, 1.54) is 22.9 Å². The van der Waals surface area contributed by atoms with Crippen LogP contribution in [-0.4, -0.2) is 26.3 Å². The second-order valence-electron chi connectivity index (χ2n) is 4.69. The molecule has 2 aromatic heterocycles. The summed E-state index contributed by atoms with van der Waals surface area (Å²) >= 11 is 3.04. The maximum absolute atomic E-state index is 4.49. The highest BCUT2D eigenvalue weighted by Gasteiger charge is 2.20. The summed E-state index contributed by atoms with van der Waals surface area (Å²) in [7, 11) is 0. The summed E-state index contributed by atoms with van der Waals surface area (Å²) < 4.78 is 8.94. The monoisotopic (exact) mass is 304 g/mol. The average molecular weight is 304 g/mol. The van der Waals surface area contributed by atoms with Gasteiger partial charge in [0, 0.05) is 24.2 Å². The molecule has 1 atom stereocenters. The predicted molar refractivity (Wildman–Crippen MR) is 83.8 cm³/mol. The van der Waals surface area contributed by atoms with E-state index in [4.69, 9.17) is 0 Å². The number of hydrogen-bond acceptors (Lipinski definition) is 6. The van der Waals surface area contributed by atoms with Crippen LogP contribution in [0, 0.1) is 0 Å². The molecule has 0 amide bonds. The molecule has 0 aliphatic carbocycles. The van der Waals surface area contributed by atoms with E-state index >= 15 is 0 Å². The van der Waals surface area contributed by atoms with Crippen molar-refractivity contribution in [3.05, 3.63) is 41.9 Å². The first-order chi connectivity index (χ1) is 9.84. The zero-order valence-electron chi connectivity index (χ0n) is 11.2. The SMILES string of the molecule is CC1NCCC=C1c1nsnc1SCc1ccncc1. The van der Waals surface area contributed by atoms with Crippen LogP contribution in [0.3, 0.4) is 0 Å². The highest BCUT2D eigenvalue weighted by molar-refractivity contribution is 7.98. The van der Waals surface area contributed by atoms with E-state index in [0.29, 0.717) is 6.04 Å². The minimum absolute atomic E-state index is 0.355. The minimum Gasteiger partial charge on any atom is -0.310 e. The summed E-state index contributed by atoms with van der Waals surface area (Å²) in [5, 5.41) is 4.51. The van der Waals surface area contributed by atoms with Gasteiger partial charge in [-0.25, -0.2) is 0 Å². The second-order valence-corrected chi connectivity index (χ2v) is 6.18. The molecule has 1 aliphatic heterocycles. The number of thioether (sulfide) groups is 1. The summed E-state index contributed by atoms with van der Waals surface area (Å²) in [6.07, 6.45) is 7.00. The van der Waals surface area contributed by atoms with Crippen LogP contribution in [0.15, 0.2) is 35.6 Å². The quantitative estimate of drug-likeness (QED) is 0.880. The van der Waals surface area contributed by atoms with Crippen molar-refractivity contribution in [1.29, 1.82) is 0 Å². The molecule has 0 saturated carbocycles. The highest BCUT2D eigenvalue weighted by Crippen LogP contribution is 2.31. The van der Waals surface area contributed by atoms with Gasteiger partial charge in [-0.05, 0) is 43.2 Å². The molecule has 0 saturated heterocycles. The van der Waals surface area contributed by atoms with Crippen LogP contribution in [0.1, 0.15) is 24.6 Å². The molecule has 20 heavy (non-hydrogen) atoms. The fraction of sp³-hybridized carbons (Fsp3) is 0.357. The summed E-state index contributed by atoms with van der Waals surface area (Å²) in [4.78, 5) is 4.04. The molecule has 0 aromatic carbocycles. The largest absolute Gasteiger partial charge is 0.310 e. The number of aromatic nitrogens is 3. The Bertz CT molecular complexity index is 594. The number of hydrogen-bond donors (Lipinski definition) is 1. The number of rotatable bonds is 4. The smallest absolute Gasteiger partial charge is 0.138 e. The highest BCUT2D eigenvalue weighted by atomic mass is 32.2. The van der Waals surface area contributed by atoms with Crippen LogP contribution < -0.4 is 5.32 Å². The molecule has 2 aromatic rings. The van der Waals surface area contributed by atoms with Crippen molar-refractivity contribution in [2.75, 3.05) is 6.54 Å². The normalized spacial score (nSPS) is 18.9. The van der Waals surface area contributed by atoms with E-state index in [1.807, 2.05) is 24.5 Å². The first-order valence-corrected chi connectivity index (χ1v) is 8.34. The Morgan fingerprint density at radius 2 is 2.20 bits per heavy atom. The lowest BCUT2D eigenvalue weighted by molar-refractivity contribution is 0.624. The first kappa shape index (κ1) is 13.7. The molecule has 4 nitrogen and oxygen atoms in total.